The van der Waals surface area contributed by atoms with Crippen LogP contribution in [0.3, 0.4) is 0 Å². The number of rotatable bonds is 4. The molecule has 1 aromatic heterocycles. The van der Waals surface area contributed by atoms with Crippen molar-refractivity contribution in [1.29, 1.82) is 0 Å². The summed E-state index contributed by atoms with van der Waals surface area (Å²) in [6.45, 7) is 4.27. The molecule has 0 radical (unpaired) electrons. The number of pyridine rings is 1. The largest absolute Gasteiger partial charge is 0.335 e. The lowest BCUT2D eigenvalue weighted by atomic mass is 9.96. The van der Waals surface area contributed by atoms with Crippen LogP contribution < -0.4 is 15.8 Å². The zero-order valence-electron chi connectivity index (χ0n) is 17.7. The fourth-order valence-corrected chi connectivity index (χ4v) is 4.25. The highest BCUT2D eigenvalue weighted by Crippen LogP contribution is 2.22. The van der Waals surface area contributed by atoms with Crippen molar-refractivity contribution in [1.82, 2.24) is 10.3 Å². The van der Waals surface area contributed by atoms with Crippen molar-refractivity contribution in [2.24, 2.45) is 0 Å². The number of carbonyl (C=O) groups is 1. The van der Waals surface area contributed by atoms with E-state index in [1.165, 1.54) is 6.42 Å². The maximum absolute atomic E-state index is 13.2. The summed E-state index contributed by atoms with van der Waals surface area (Å²) in [5.41, 5.74) is 4.29. The molecule has 0 bridgehead atoms. The second-order valence-electron chi connectivity index (χ2n) is 8.30. The minimum atomic E-state index is -0.150. The van der Waals surface area contributed by atoms with Gasteiger partial charge in [-0.1, -0.05) is 49.6 Å². The summed E-state index contributed by atoms with van der Waals surface area (Å²) in [6.07, 6.45) is 5.58. The highest BCUT2D eigenvalue weighted by Gasteiger charge is 2.22. The van der Waals surface area contributed by atoms with E-state index in [1.54, 1.807) is 4.90 Å². The Morgan fingerprint density at radius 3 is 2.53 bits per heavy atom. The molecule has 5 nitrogen and oxygen atoms in total. The molecule has 2 amide bonds. The third kappa shape index (κ3) is 4.25. The van der Waals surface area contributed by atoms with Gasteiger partial charge < -0.3 is 10.3 Å². The lowest BCUT2D eigenvalue weighted by molar-refractivity contribution is 0.238. The first-order chi connectivity index (χ1) is 14.5. The number of nitrogens with one attached hydrogen (secondary N) is 2. The Kier molecular flexibility index (Phi) is 5.88. The Balaban J connectivity index is 1.66. The summed E-state index contributed by atoms with van der Waals surface area (Å²) in [6, 6.07) is 15.6. The van der Waals surface area contributed by atoms with Crippen molar-refractivity contribution in [3.8, 4) is 0 Å². The van der Waals surface area contributed by atoms with Crippen molar-refractivity contribution in [3.05, 3.63) is 75.6 Å². The minimum Gasteiger partial charge on any atom is -0.335 e. The molecule has 2 N–H and O–H groups in total. The van der Waals surface area contributed by atoms with Gasteiger partial charge in [-0.2, -0.15) is 0 Å². The molecule has 4 rings (SSSR count). The molecule has 1 fully saturated rings. The molecule has 5 heteroatoms. The first-order valence-electron chi connectivity index (χ1n) is 10.8. The molecule has 0 aliphatic heterocycles. The average molecular weight is 404 g/mol. The minimum absolute atomic E-state index is 0.146. The first kappa shape index (κ1) is 20.2. The second kappa shape index (κ2) is 8.74. The summed E-state index contributed by atoms with van der Waals surface area (Å²) in [5.74, 6) is 0. The van der Waals surface area contributed by atoms with E-state index in [2.05, 4.69) is 16.4 Å². The Morgan fingerprint density at radius 2 is 1.80 bits per heavy atom. The third-order valence-electron chi connectivity index (χ3n) is 6.20. The molecule has 0 spiro atoms. The Hall–Kier alpha value is -3.08. The number of anilines is 1. The monoisotopic (exact) mass is 403 g/mol. The van der Waals surface area contributed by atoms with E-state index >= 15 is 0 Å². The molecule has 0 atom stereocenters. The van der Waals surface area contributed by atoms with E-state index in [0.717, 1.165) is 53.4 Å². The lowest BCUT2D eigenvalue weighted by Gasteiger charge is -2.28. The fourth-order valence-electron chi connectivity index (χ4n) is 4.25. The standard InChI is InChI=1S/C25H29N3O2/c1-17-13-14-19-15-20(24(29)27-23(19)18(17)2)16-28(22-11-7-4-8-12-22)25(30)26-21-9-5-3-6-10-21/h4,7-8,11-15,21H,3,5-6,9-10,16H2,1-2H3,(H,26,30)(H,27,29). The molecule has 30 heavy (non-hydrogen) atoms. The lowest BCUT2D eigenvalue weighted by Crippen LogP contribution is -2.46. The van der Waals surface area contributed by atoms with Crippen molar-refractivity contribution in [3.63, 3.8) is 0 Å². The maximum atomic E-state index is 13.2. The number of amides is 2. The molecule has 1 aliphatic carbocycles. The van der Waals surface area contributed by atoms with E-state index in [0.29, 0.717) is 5.56 Å². The van der Waals surface area contributed by atoms with Crippen molar-refractivity contribution in [2.75, 3.05) is 4.90 Å². The number of nitrogens with zero attached hydrogens (tertiary/aromatic N) is 1. The van der Waals surface area contributed by atoms with Gasteiger partial charge in [-0.25, -0.2) is 4.79 Å². The van der Waals surface area contributed by atoms with Gasteiger partial charge in [0.05, 0.1) is 12.1 Å². The second-order valence-corrected chi connectivity index (χ2v) is 8.30. The number of H-pyrrole nitrogens is 1. The number of fused-ring (bicyclic) bond motifs is 1. The van der Waals surface area contributed by atoms with Crippen LogP contribution in [-0.4, -0.2) is 17.1 Å². The normalized spacial score (nSPS) is 14.6. The highest BCUT2D eigenvalue weighted by atomic mass is 16.2. The van der Waals surface area contributed by atoms with Crippen LogP contribution in [-0.2, 0) is 6.54 Å². The van der Waals surface area contributed by atoms with Gasteiger partial charge in [-0.05, 0) is 61.4 Å². The Morgan fingerprint density at radius 1 is 1.07 bits per heavy atom. The van der Waals surface area contributed by atoms with Gasteiger partial charge in [-0.3, -0.25) is 9.69 Å². The molecule has 1 aliphatic rings. The van der Waals surface area contributed by atoms with E-state index in [4.69, 9.17) is 0 Å². The van der Waals surface area contributed by atoms with Crippen LogP contribution in [0, 0.1) is 13.8 Å². The molecule has 1 heterocycles. The number of hydrogen-bond donors (Lipinski definition) is 2. The molecule has 0 unspecified atom stereocenters. The smallest absolute Gasteiger partial charge is 0.322 e. The van der Waals surface area contributed by atoms with Crippen LogP contribution in [0.25, 0.3) is 10.9 Å². The predicted molar refractivity (Wildman–Crippen MR) is 122 cm³/mol. The molecule has 0 saturated heterocycles. The summed E-state index contributed by atoms with van der Waals surface area (Å²) in [4.78, 5) is 30.8. The van der Waals surface area contributed by atoms with Gasteiger partial charge in [0, 0.05) is 17.3 Å². The van der Waals surface area contributed by atoms with Crippen molar-refractivity contribution >= 4 is 22.6 Å². The highest BCUT2D eigenvalue weighted by molar-refractivity contribution is 5.92. The zero-order valence-corrected chi connectivity index (χ0v) is 17.7. The summed E-state index contributed by atoms with van der Waals surface area (Å²) in [5, 5.41) is 4.17. The third-order valence-corrected chi connectivity index (χ3v) is 6.20. The number of aromatic amines is 1. The number of hydrogen-bond acceptors (Lipinski definition) is 2. The molecule has 2 aromatic carbocycles. The van der Waals surface area contributed by atoms with E-state index in [1.807, 2.05) is 56.3 Å². The van der Waals surface area contributed by atoms with Crippen LogP contribution in [0.5, 0.6) is 0 Å². The number of para-hydroxylation sites is 1. The summed E-state index contributed by atoms with van der Waals surface area (Å²) >= 11 is 0. The Labute approximate surface area is 177 Å². The van der Waals surface area contributed by atoms with Crippen molar-refractivity contribution in [2.45, 2.75) is 58.5 Å². The van der Waals surface area contributed by atoms with Gasteiger partial charge in [-0.15, -0.1) is 0 Å². The van der Waals surface area contributed by atoms with Gasteiger partial charge in [0.1, 0.15) is 0 Å². The average Bonchev–Trinajstić information content (AvgIpc) is 2.76. The first-order valence-corrected chi connectivity index (χ1v) is 10.8. The zero-order chi connectivity index (χ0) is 21.1. The van der Waals surface area contributed by atoms with Crippen LogP contribution in [0.1, 0.15) is 48.8 Å². The quantitative estimate of drug-likeness (QED) is 0.629. The molecular formula is C25H29N3O2. The molecule has 156 valence electrons. The molecular weight excluding hydrogens is 374 g/mol. The number of aryl methyl sites for hydroxylation is 2. The van der Waals surface area contributed by atoms with Gasteiger partial charge >= 0.3 is 6.03 Å². The SMILES string of the molecule is Cc1ccc2cc(CN(C(=O)NC3CCCCC3)c3ccccc3)c(=O)[nH]c2c1C. The number of carbonyl (C=O) groups excluding carboxylic acids is 1. The number of urea groups is 1. The maximum Gasteiger partial charge on any atom is 0.322 e. The topological polar surface area (TPSA) is 65.2 Å². The van der Waals surface area contributed by atoms with Crippen LogP contribution >= 0.6 is 0 Å². The van der Waals surface area contributed by atoms with E-state index in [9.17, 15) is 9.59 Å². The number of benzene rings is 2. The Bertz CT molecular complexity index is 1100. The van der Waals surface area contributed by atoms with Crippen molar-refractivity contribution < 1.29 is 4.79 Å². The number of aromatic nitrogens is 1. The summed E-state index contributed by atoms with van der Waals surface area (Å²) in [7, 11) is 0. The van der Waals surface area contributed by atoms with Gasteiger partial charge in [0.25, 0.3) is 5.56 Å². The van der Waals surface area contributed by atoms with Crippen LogP contribution in [0.4, 0.5) is 10.5 Å². The van der Waals surface area contributed by atoms with Crippen LogP contribution in [0.2, 0.25) is 0 Å². The van der Waals surface area contributed by atoms with E-state index < -0.39 is 0 Å². The van der Waals surface area contributed by atoms with Crippen LogP contribution in [0.15, 0.2) is 53.3 Å². The summed E-state index contributed by atoms with van der Waals surface area (Å²) < 4.78 is 0. The van der Waals surface area contributed by atoms with E-state index in [-0.39, 0.29) is 24.2 Å². The van der Waals surface area contributed by atoms with Gasteiger partial charge in [0.15, 0.2) is 0 Å². The molecule has 1 saturated carbocycles. The van der Waals surface area contributed by atoms with Gasteiger partial charge in [0.2, 0.25) is 0 Å². The predicted octanol–water partition coefficient (Wildman–Crippen LogP) is 5.19. The molecule has 3 aromatic rings. The fraction of sp³-hybridized carbons (Fsp3) is 0.360.